The van der Waals surface area contributed by atoms with Crippen molar-refractivity contribution in [3.63, 3.8) is 0 Å². The van der Waals surface area contributed by atoms with Gasteiger partial charge in [0.05, 0.1) is 11.8 Å². The first-order chi connectivity index (χ1) is 7.16. The van der Waals surface area contributed by atoms with Gasteiger partial charge in [0, 0.05) is 10.6 Å². The summed E-state index contributed by atoms with van der Waals surface area (Å²) < 4.78 is 0. The number of fused-ring (bicyclic) bond motifs is 1. The van der Waals surface area contributed by atoms with Crippen molar-refractivity contribution in [2.75, 3.05) is 11.4 Å². The van der Waals surface area contributed by atoms with E-state index in [1.165, 1.54) is 4.90 Å². The van der Waals surface area contributed by atoms with Crippen LogP contribution in [0.3, 0.4) is 0 Å². The third-order valence-corrected chi connectivity index (χ3v) is 2.72. The minimum atomic E-state index is -0.748. The summed E-state index contributed by atoms with van der Waals surface area (Å²) in [5.41, 5.74) is 6.98. The number of carbonyl (C=O) groups is 1. The third-order valence-electron chi connectivity index (χ3n) is 2.39. The van der Waals surface area contributed by atoms with Gasteiger partial charge in [0.25, 0.3) is 0 Å². The average Bonchev–Trinajstić information content (AvgIpc) is 2.45. The van der Waals surface area contributed by atoms with Gasteiger partial charge in [-0.1, -0.05) is 17.7 Å². The van der Waals surface area contributed by atoms with Crippen LogP contribution in [-0.2, 0) is 4.79 Å². The zero-order valence-corrected chi connectivity index (χ0v) is 8.53. The molecule has 5 heteroatoms. The van der Waals surface area contributed by atoms with Gasteiger partial charge in [-0.2, -0.15) is 5.26 Å². The zero-order valence-electron chi connectivity index (χ0n) is 7.77. The monoisotopic (exact) mass is 221 g/mol. The Morgan fingerprint density at radius 2 is 2.33 bits per heavy atom. The van der Waals surface area contributed by atoms with Crippen LogP contribution < -0.4 is 10.6 Å². The van der Waals surface area contributed by atoms with Crippen LogP contribution in [0.5, 0.6) is 0 Å². The van der Waals surface area contributed by atoms with Crippen molar-refractivity contribution in [2.24, 2.45) is 5.73 Å². The van der Waals surface area contributed by atoms with E-state index in [-0.39, 0.29) is 12.5 Å². The van der Waals surface area contributed by atoms with Crippen LogP contribution in [0.2, 0.25) is 5.02 Å². The van der Waals surface area contributed by atoms with Crippen LogP contribution in [0, 0.1) is 11.3 Å². The molecule has 0 aliphatic carbocycles. The predicted molar refractivity (Wildman–Crippen MR) is 56.3 cm³/mol. The van der Waals surface area contributed by atoms with E-state index in [1.807, 2.05) is 6.07 Å². The molecule has 0 radical (unpaired) electrons. The molecule has 1 heterocycles. The van der Waals surface area contributed by atoms with E-state index in [0.717, 1.165) is 0 Å². The molecular weight excluding hydrogens is 214 g/mol. The summed E-state index contributed by atoms with van der Waals surface area (Å²) in [6, 6.07) is 6.34. The van der Waals surface area contributed by atoms with Gasteiger partial charge in [-0.25, -0.2) is 0 Å². The molecule has 1 aromatic carbocycles. The summed E-state index contributed by atoms with van der Waals surface area (Å²) in [5, 5.41) is 9.07. The van der Waals surface area contributed by atoms with Crippen molar-refractivity contribution >= 4 is 23.2 Å². The molecule has 0 saturated carbocycles. The van der Waals surface area contributed by atoms with Crippen molar-refractivity contribution < 1.29 is 4.79 Å². The number of carbonyl (C=O) groups excluding carboxylic acids is 1. The largest absolute Gasteiger partial charge is 0.316 e. The summed E-state index contributed by atoms with van der Waals surface area (Å²) in [5.74, 6) is -0.278. The van der Waals surface area contributed by atoms with Gasteiger partial charge in [-0.15, -0.1) is 0 Å². The van der Waals surface area contributed by atoms with Gasteiger partial charge in [0.15, 0.2) is 0 Å². The molecule has 1 amide bonds. The van der Waals surface area contributed by atoms with Crippen molar-refractivity contribution in [3.05, 3.63) is 28.8 Å². The van der Waals surface area contributed by atoms with Gasteiger partial charge in [-0.3, -0.25) is 9.69 Å². The highest BCUT2D eigenvalue weighted by atomic mass is 35.5. The lowest BCUT2D eigenvalue weighted by Crippen LogP contribution is -2.31. The number of halogens is 1. The van der Waals surface area contributed by atoms with Gasteiger partial charge < -0.3 is 5.73 Å². The van der Waals surface area contributed by atoms with Gasteiger partial charge in [-0.05, 0) is 12.1 Å². The second-order valence-electron chi connectivity index (χ2n) is 3.23. The maximum atomic E-state index is 11.7. The van der Waals surface area contributed by atoms with Gasteiger partial charge >= 0.3 is 0 Å². The van der Waals surface area contributed by atoms with Crippen LogP contribution in [0.25, 0.3) is 0 Å². The number of anilines is 1. The molecule has 4 nitrogen and oxygen atoms in total. The lowest BCUT2D eigenvalue weighted by atomic mass is 10.1. The fraction of sp³-hybridized carbons (Fsp3) is 0.200. The molecular formula is C10H8ClN3O. The highest BCUT2D eigenvalue weighted by molar-refractivity contribution is 6.32. The molecule has 0 aromatic heterocycles. The Morgan fingerprint density at radius 1 is 1.60 bits per heavy atom. The fourth-order valence-corrected chi connectivity index (χ4v) is 2.00. The standard InChI is InChI=1S/C10H8ClN3O/c11-6-2-1-3-7-8(6)9(13)10(15)14(7)5-4-12/h1-3,9H,5,13H2. The van der Waals surface area contributed by atoms with Crippen LogP contribution >= 0.6 is 11.6 Å². The van der Waals surface area contributed by atoms with Crippen LogP contribution in [0.4, 0.5) is 5.69 Å². The number of hydrogen-bond donors (Lipinski definition) is 1. The minimum absolute atomic E-state index is 0.000123. The summed E-state index contributed by atoms with van der Waals surface area (Å²) >= 11 is 5.95. The Morgan fingerprint density at radius 3 is 3.00 bits per heavy atom. The Hall–Kier alpha value is -1.57. The van der Waals surface area contributed by atoms with Crippen LogP contribution in [0.15, 0.2) is 18.2 Å². The Labute approximate surface area is 91.8 Å². The number of amides is 1. The first-order valence-corrected chi connectivity index (χ1v) is 4.77. The zero-order chi connectivity index (χ0) is 11.0. The van der Waals surface area contributed by atoms with E-state index in [4.69, 9.17) is 22.6 Å². The number of nitrogens with zero attached hydrogens (tertiary/aromatic N) is 2. The molecule has 1 atom stereocenters. The fourth-order valence-electron chi connectivity index (χ4n) is 1.71. The molecule has 0 bridgehead atoms. The second kappa shape index (κ2) is 3.54. The first-order valence-electron chi connectivity index (χ1n) is 4.39. The van der Waals surface area contributed by atoms with Crippen LogP contribution in [-0.4, -0.2) is 12.5 Å². The summed E-state index contributed by atoms with van der Waals surface area (Å²) in [7, 11) is 0. The topological polar surface area (TPSA) is 70.1 Å². The van der Waals surface area contributed by atoms with E-state index in [2.05, 4.69) is 0 Å². The Balaban J connectivity index is 2.56. The second-order valence-corrected chi connectivity index (χ2v) is 3.64. The molecule has 1 aromatic rings. The highest BCUT2D eigenvalue weighted by Gasteiger charge is 2.35. The summed E-state index contributed by atoms with van der Waals surface area (Å²) in [4.78, 5) is 13.0. The lowest BCUT2D eigenvalue weighted by Gasteiger charge is -2.12. The lowest BCUT2D eigenvalue weighted by molar-refractivity contribution is -0.119. The van der Waals surface area contributed by atoms with Crippen LogP contribution in [0.1, 0.15) is 11.6 Å². The maximum absolute atomic E-state index is 11.7. The van der Waals surface area contributed by atoms with Gasteiger partial charge in [0.2, 0.25) is 5.91 Å². The Kier molecular flexibility index (Phi) is 2.35. The number of benzene rings is 1. The van der Waals surface area contributed by atoms with E-state index in [1.54, 1.807) is 18.2 Å². The van der Waals surface area contributed by atoms with E-state index < -0.39 is 6.04 Å². The molecule has 0 spiro atoms. The molecule has 2 N–H and O–H groups in total. The minimum Gasteiger partial charge on any atom is -0.316 e. The SMILES string of the molecule is N#CCN1C(=O)C(N)c2c(Cl)cccc21. The van der Waals surface area contributed by atoms with E-state index >= 15 is 0 Å². The molecule has 1 aliphatic heterocycles. The highest BCUT2D eigenvalue weighted by Crippen LogP contribution is 2.38. The molecule has 0 fully saturated rings. The number of hydrogen-bond acceptors (Lipinski definition) is 3. The smallest absolute Gasteiger partial charge is 0.249 e. The maximum Gasteiger partial charge on any atom is 0.249 e. The van der Waals surface area contributed by atoms with E-state index in [0.29, 0.717) is 16.3 Å². The predicted octanol–water partition coefficient (Wildman–Crippen LogP) is 1.21. The van der Waals surface area contributed by atoms with Crippen molar-refractivity contribution in [2.45, 2.75) is 6.04 Å². The van der Waals surface area contributed by atoms with Gasteiger partial charge in [0.1, 0.15) is 12.6 Å². The Bertz CT molecular complexity index is 466. The summed E-state index contributed by atoms with van der Waals surface area (Å²) in [6.07, 6.45) is 0. The number of nitriles is 1. The molecule has 2 rings (SSSR count). The van der Waals surface area contributed by atoms with Crippen molar-refractivity contribution in [1.82, 2.24) is 0 Å². The van der Waals surface area contributed by atoms with E-state index in [9.17, 15) is 4.79 Å². The normalized spacial score (nSPS) is 18.9. The molecule has 1 unspecified atom stereocenters. The molecule has 0 saturated heterocycles. The average molecular weight is 222 g/mol. The number of nitrogens with two attached hydrogens (primary N) is 1. The molecule has 1 aliphatic rings. The summed E-state index contributed by atoms with van der Waals surface area (Å²) in [6.45, 7) is -0.000123. The first kappa shape index (κ1) is 9.97. The molecule has 15 heavy (non-hydrogen) atoms. The number of rotatable bonds is 1. The molecule has 76 valence electrons. The quantitative estimate of drug-likeness (QED) is 0.725. The third kappa shape index (κ3) is 1.37. The van der Waals surface area contributed by atoms with Crippen molar-refractivity contribution in [3.8, 4) is 6.07 Å². The van der Waals surface area contributed by atoms with Crippen molar-refractivity contribution in [1.29, 1.82) is 5.26 Å².